The quantitative estimate of drug-likeness (QED) is 0.915. The Labute approximate surface area is 107 Å². The largest absolute Gasteiger partial charge is 0.477 e. The number of carboxylic acids is 1. The Morgan fingerprint density at radius 1 is 1.59 bits per heavy atom. The first kappa shape index (κ1) is 12.6. The van der Waals surface area contributed by atoms with Crippen LogP contribution in [0.3, 0.4) is 0 Å². The second-order valence-electron chi connectivity index (χ2n) is 4.13. The van der Waals surface area contributed by atoms with Crippen molar-refractivity contribution in [2.24, 2.45) is 0 Å². The fourth-order valence-corrected chi connectivity index (χ4v) is 4.37. The molecule has 7 heteroatoms. The first-order valence-electron chi connectivity index (χ1n) is 5.20. The van der Waals surface area contributed by atoms with Gasteiger partial charge in [-0.25, -0.2) is 13.2 Å². The molecule has 1 aliphatic rings. The van der Waals surface area contributed by atoms with Gasteiger partial charge in [-0.3, -0.25) is 0 Å². The number of sulfone groups is 1. The summed E-state index contributed by atoms with van der Waals surface area (Å²) in [5, 5.41) is 8.53. The third kappa shape index (κ3) is 2.55. The topological polar surface area (TPSA) is 76.4 Å². The lowest BCUT2D eigenvalue weighted by Crippen LogP contribution is -2.23. The van der Waals surface area contributed by atoms with E-state index in [1.165, 1.54) is 10.6 Å². The van der Waals surface area contributed by atoms with Gasteiger partial charge in [0.1, 0.15) is 5.69 Å². The number of aromatic carboxylic acids is 1. The summed E-state index contributed by atoms with van der Waals surface area (Å²) in [5.41, 5.74) is 0.110. The van der Waals surface area contributed by atoms with Crippen LogP contribution in [0.2, 0.25) is 0 Å². The van der Waals surface area contributed by atoms with Crippen LogP contribution in [0.25, 0.3) is 0 Å². The van der Waals surface area contributed by atoms with Crippen LogP contribution < -0.4 is 0 Å². The minimum absolute atomic E-state index is 0.110. The van der Waals surface area contributed by atoms with E-state index in [1.807, 2.05) is 0 Å². The van der Waals surface area contributed by atoms with Gasteiger partial charge in [-0.15, -0.1) is 0 Å². The van der Waals surface area contributed by atoms with Gasteiger partial charge in [-0.1, -0.05) is 0 Å². The molecular formula is C10H12BrNO4S. The lowest BCUT2D eigenvalue weighted by Gasteiger charge is -2.11. The Balaban J connectivity index is 2.27. The van der Waals surface area contributed by atoms with Crippen LogP contribution in [0.5, 0.6) is 0 Å². The Kier molecular flexibility index (Phi) is 3.31. The second kappa shape index (κ2) is 4.45. The number of aromatic nitrogens is 1. The summed E-state index contributed by atoms with van der Waals surface area (Å²) >= 11 is 3.20. The molecule has 0 bridgehead atoms. The minimum Gasteiger partial charge on any atom is -0.477 e. The average molecular weight is 322 g/mol. The highest BCUT2D eigenvalue weighted by atomic mass is 79.9. The number of hydrogen-bond donors (Lipinski definition) is 1. The van der Waals surface area contributed by atoms with Gasteiger partial charge in [0, 0.05) is 17.2 Å². The molecule has 1 atom stereocenters. The lowest BCUT2D eigenvalue weighted by molar-refractivity contribution is 0.0685. The Morgan fingerprint density at radius 2 is 2.29 bits per heavy atom. The molecule has 17 heavy (non-hydrogen) atoms. The van der Waals surface area contributed by atoms with Gasteiger partial charge in [0.05, 0.1) is 11.0 Å². The molecule has 0 aliphatic carbocycles. The molecule has 5 nitrogen and oxygen atoms in total. The SMILES string of the molecule is O=C(O)c1cc(Br)cn1CC1CCCS1(=O)=O. The van der Waals surface area contributed by atoms with Crippen molar-refractivity contribution in [3.05, 3.63) is 22.4 Å². The molecule has 0 aromatic carbocycles. The first-order chi connectivity index (χ1) is 7.90. The highest BCUT2D eigenvalue weighted by Crippen LogP contribution is 2.24. The monoisotopic (exact) mass is 321 g/mol. The summed E-state index contributed by atoms with van der Waals surface area (Å²) in [4.78, 5) is 11.0. The minimum atomic E-state index is -3.05. The summed E-state index contributed by atoms with van der Waals surface area (Å²) in [7, 11) is -3.05. The molecule has 0 amide bonds. The number of carboxylic acid groups (broad SMARTS) is 1. The Hall–Kier alpha value is -0.820. The lowest BCUT2D eigenvalue weighted by atomic mass is 10.2. The standard InChI is InChI=1S/C10H12BrNO4S/c11-7-4-9(10(13)14)12(5-7)6-8-2-1-3-17(8,15)16/h4-5,8H,1-3,6H2,(H,13,14). The molecule has 0 spiro atoms. The molecular weight excluding hydrogens is 310 g/mol. The van der Waals surface area contributed by atoms with E-state index < -0.39 is 21.1 Å². The number of rotatable bonds is 3. The smallest absolute Gasteiger partial charge is 0.352 e. The molecule has 1 unspecified atom stereocenters. The number of carbonyl (C=O) groups is 1. The molecule has 1 aliphatic heterocycles. The van der Waals surface area contributed by atoms with Crippen molar-refractivity contribution >= 4 is 31.7 Å². The van der Waals surface area contributed by atoms with Crippen LogP contribution in [0.15, 0.2) is 16.7 Å². The van der Waals surface area contributed by atoms with E-state index in [-0.39, 0.29) is 18.0 Å². The van der Waals surface area contributed by atoms with Crippen molar-refractivity contribution in [3.8, 4) is 0 Å². The Morgan fingerprint density at radius 3 is 2.82 bits per heavy atom. The summed E-state index contributed by atoms with van der Waals surface area (Å²) in [6.07, 6.45) is 2.88. The van der Waals surface area contributed by atoms with Crippen LogP contribution in [0.4, 0.5) is 0 Å². The maximum atomic E-state index is 11.7. The van der Waals surface area contributed by atoms with E-state index in [0.717, 1.165) is 0 Å². The molecule has 1 aromatic rings. The predicted octanol–water partition coefficient (Wildman–Crippen LogP) is 1.53. The molecule has 0 radical (unpaired) electrons. The summed E-state index contributed by atoms with van der Waals surface area (Å²) in [6.45, 7) is 0.218. The second-order valence-corrected chi connectivity index (χ2v) is 7.45. The van der Waals surface area contributed by atoms with Gasteiger partial charge in [0.25, 0.3) is 0 Å². The van der Waals surface area contributed by atoms with Crippen molar-refractivity contribution in [3.63, 3.8) is 0 Å². The highest BCUT2D eigenvalue weighted by Gasteiger charge is 2.32. The van der Waals surface area contributed by atoms with Crippen LogP contribution in [-0.4, -0.2) is 35.1 Å². The fraction of sp³-hybridized carbons (Fsp3) is 0.500. The normalized spacial score (nSPS) is 22.8. The van der Waals surface area contributed by atoms with Gasteiger partial charge in [-0.2, -0.15) is 0 Å². The van der Waals surface area contributed by atoms with E-state index in [2.05, 4.69) is 15.9 Å². The maximum Gasteiger partial charge on any atom is 0.352 e. The third-order valence-electron chi connectivity index (χ3n) is 2.95. The van der Waals surface area contributed by atoms with E-state index in [9.17, 15) is 13.2 Å². The number of nitrogens with zero attached hydrogens (tertiary/aromatic N) is 1. The van der Waals surface area contributed by atoms with E-state index >= 15 is 0 Å². The van der Waals surface area contributed by atoms with Gasteiger partial charge in [0.2, 0.25) is 0 Å². The zero-order valence-electron chi connectivity index (χ0n) is 8.97. The van der Waals surface area contributed by atoms with Crippen molar-refractivity contribution in [1.29, 1.82) is 0 Å². The zero-order valence-corrected chi connectivity index (χ0v) is 11.4. The summed E-state index contributed by atoms with van der Waals surface area (Å²) < 4.78 is 25.5. The van der Waals surface area contributed by atoms with Crippen molar-refractivity contribution in [2.75, 3.05) is 5.75 Å². The average Bonchev–Trinajstić information content (AvgIpc) is 2.72. The third-order valence-corrected chi connectivity index (χ3v) is 5.64. The molecule has 2 heterocycles. The molecule has 1 saturated heterocycles. The Bertz CT molecular complexity index is 549. The van der Waals surface area contributed by atoms with Crippen LogP contribution in [0.1, 0.15) is 23.3 Å². The van der Waals surface area contributed by atoms with E-state index in [1.54, 1.807) is 6.20 Å². The summed E-state index contributed by atoms with van der Waals surface area (Å²) in [6, 6.07) is 1.48. The highest BCUT2D eigenvalue weighted by molar-refractivity contribution is 9.10. The van der Waals surface area contributed by atoms with Gasteiger partial charge in [-0.05, 0) is 34.8 Å². The van der Waals surface area contributed by atoms with Crippen LogP contribution >= 0.6 is 15.9 Å². The fourth-order valence-electron chi connectivity index (χ4n) is 2.09. The molecule has 2 rings (SSSR count). The first-order valence-corrected chi connectivity index (χ1v) is 7.71. The molecule has 0 saturated carbocycles. The van der Waals surface area contributed by atoms with Crippen molar-refractivity contribution in [2.45, 2.75) is 24.6 Å². The number of hydrogen-bond acceptors (Lipinski definition) is 3. The summed E-state index contributed by atoms with van der Waals surface area (Å²) in [5.74, 6) is -0.839. The van der Waals surface area contributed by atoms with Gasteiger partial charge in [0.15, 0.2) is 9.84 Å². The predicted molar refractivity (Wildman–Crippen MR) is 65.9 cm³/mol. The molecule has 1 N–H and O–H groups in total. The molecule has 1 aromatic heterocycles. The molecule has 1 fully saturated rings. The van der Waals surface area contributed by atoms with Crippen molar-refractivity contribution in [1.82, 2.24) is 4.57 Å². The zero-order chi connectivity index (χ0) is 12.6. The van der Waals surface area contributed by atoms with E-state index in [4.69, 9.17) is 5.11 Å². The van der Waals surface area contributed by atoms with Gasteiger partial charge < -0.3 is 9.67 Å². The number of halogens is 1. The van der Waals surface area contributed by atoms with E-state index in [0.29, 0.717) is 17.3 Å². The maximum absolute atomic E-state index is 11.7. The van der Waals surface area contributed by atoms with Gasteiger partial charge >= 0.3 is 5.97 Å². The van der Waals surface area contributed by atoms with Crippen LogP contribution in [0, 0.1) is 0 Å². The molecule has 94 valence electrons. The van der Waals surface area contributed by atoms with Crippen LogP contribution in [-0.2, 0) is 16.4 Å². The van der Waals surface area contributed by atoms with Crippen molar-refractivity contribution < 1.29 is 18.3 Å².